The molecule has 2 N–H and O–H groups in total. The van der Waals surface area contributed by atoms with Crippen molar-refractivity contribution in [2.45, 2.75) is 62.2 Å². The van der Waals surface area contributed by atoms with Crippen molar-refractivity contribution in [1.82, 2.24) is 8.61 Å². The molecule has 0 atom stereocenters. The van der Waals surface area contributed by atoms with Crippen LogP contribution >= 0.6 is 0 Å². The molecule has 2 aliphatic heterocycles. The fourth-order valence-corrected chi connectivity index (χ4v) is 9.11. The standard InChI is InChI=1S/C28H36N4O6S2/c1-3-19-9-13-31(14-10-19)39(35,36)21-5-7-23-25(17-21)27(29-33)24-8-6-22(18-26(24)28(23)30-34)40(37,38)32-15-11-20(4-2)12-16-32/h5-8,17-20,29,33H,3-4,9-16H2,1-2H3. The molecule has 12 heteroatoms. The van der Waals surface area contributed by atoms with Crippen LogP contribution in [0, 0.1) is 16.7 Å². The van der Waals surface area contributed by atoms with Gasteiger partial charge in [-0.25, -0.2) is 16.8 Å². The zero-order valence-corrected chi connectivity index (χ0v) is 24.5. The van der Waals surface area contributed by atoms with E-state index < -0.39 is 20.0 Å². The number of sulfonamides is 2. The number of benzene rings is 3. The Morgan fingerprint density at radius 1 is 0.750 bits per heavy atom. The van der Waals surface area contributed by atoms with Gasteiger partial charge in [-0.3, -0.25) is 10.7 Å². The van der Waals surface area contributed by atoms with Gasteiger partial charge in [-0.05, 0) is 67.0 Å². The number of nitrogens with one attached hydrogen (secondary N) is 1. The van der Waals surface area contributed by atoms with Crippen LogP contribution in [0.1, 0.15) is 52.4 Å². The Bertz CT molecular complexity index is 1640. The van der Waals surface area contributed by atoms with E-state index in [1.165, 1.54) is 45.0 Å². The highest BCUT2D eigenvalue weighted by atomic mass is 32.2. The lowest BCUT2D eigenvalue weighted by molar-refractivity contribution is 0.269. The monoisotopic (exact) mass is 588 g/mol. The Labute approximate surface area is 235 Å². The number of rotatable bonds is 8. The van der Waals surface area contributed by atoms with Crippen LogP contribution in [0.2, 0.25) is 0 Å². The van der Waals surface area contributed by atoms with E-state index >= 15 is 0 Å². The molecule has 10 nitrogen and oxygen atoms in total. The van der Waals surface area contributed by atoms with Gasteiger partial charge < -0.3 is 0 Å². The molecule has 0 unspecified atom stereocenters. The molecule has 3 aromatic rings. The predicted octanol–water partition coefficient (Wildman–Crippen LogP) is 5.81. The first-order chi connectivity index (χ1) is 19.1. The van der Waals surface area contributed by atoms with Crippen molar-refractivity contribution in [1.29, 1.82) is 0 Å². The molecule has 0 bridgehead atoms. The maximum Gasteiger partial charge on any atom is 0.243 e. The minimum Gasteiger partial charge on any atom is -0.291 e. The molecule has 0 saturated carbocycles. The largest absolute Gasteiger partial charge is 0.291 e. The molecule has 216 valence electrons. The van der Waals surface area contributed by atoms with E-state index in [-0.39, 0.29) is 26.6 Å². The quantitative estimate of drug-likeness (QED) is 0.192. The third kappa shape index (κ3) is 5.00. The Morgan fingerprint density at radius 2 is 1.20 bits per heavy atom. The summed E-state index contributed by atoms with van der Waals surface area (Å²) in [6, 6.07) is 8.74. The van der Waals surface area contributed by atoms with Gasteiger partial charge in [0.1, 0.15) is 5.69 Å². The summed E-state index contributed by atoms with van der Waals surface area (Å²) in [4.78, 5) is 12.2. The van der Waals surface area contributed by atoms with Crippen LogP contribution in [0.4, 0.5) is 11.4 Å². The first-order valence-electron chi connectivity index (χ1n) is 13.9. The molecule has 0 aromatic heterocycles. The molecular weight excluding hydrogens is 552 g/mol. The smallest absolute Gasteiger partial charge is 0.243 e. The molecule has 40 heavy (non-hydrogen) atoms. The second-order valence-corrected chi connectivity index (χ2v) is 14.7. The molecule has 0 radical (unpaired) electrons. The summed E-state index contributed by atoms with van der Waals surface area (Å²) >= 11 is 0. The molecule has 3 aromatic carbocycles. The van der Waals surface area contributed by atoms with Crippen molar-refractivity contribution in [3.63, 3.8) is 0 Å². The molecule has 2 aliphatic rings. The number of nitrogens with zero attached hydrogens (tertiary/aromatic N) is 3. The summed E-state index contributed by atoms with van der Waals surface area (Å²) in [6.45, 7) is 5.97. The number of anilines is 1. The van der Waals surface area contributed by atoms with Crippen molar-refractivity contribution in [3.8, 4) is 0 Å². The summed E-state index contributed by atoms with van der Waals surface area (Å²) in [5.41, 5.74) is 2.31. The minimum absolute atomic E-state index is 0.0153. The van der Waals surface area contributed by atoms with Gasteiger partial charge in [-0.2, -0.15) is 8.61 Å². The first-order valence-corrected chi connectivity index (χ1v) is 16.8. The molecule has 0 spiro atoms. The van der Waals surface area contributed by atoms with E-state index in [2.05, 4.69) is 24.5 Å². The normalized spacial score (nSPS) is 18.9. The second-order valence-electron chi connectivity index (χ2n) is 10.9. The van der Waals surface area contributed by atoms with Crippen molar-refractivity contribution in [2.24, 2.45) is 17.0 Å². The fourth-order valence-electron chi connectivity index (χ4n) is 6.12. The molecule has 2 fully saturated rings. The van der Waals surface area contributed by atoms with Gasteiger partial charge in [-0.1, -0.05) is 38.8 Å². The number of hydrogen-bond donors (Lipinski definition) is 2. The minimum atomic E-state index is -3.81. The number of nitroso groups, excluding NO2 is 1. The first kappa shape index (κ1) is 28.9. The van der Waals surface area contributed by atoms with Crippen LogP contribution in [-0.2, 0) is 20.0 Å². The van der Waals surface area contributed by atoms with Crippen LogP contribution in [0.25, 0.3) is 21.5 Å². The lowest BCUT2D eigenvalue weighted by Gasteiger charge is -2.31. The number of fused-ring (bicyclic) bond motifs is 2. The van der Waals surface area contributed by atoms with Crippen molar-refractivity contribution >= 4 is 53.0 Å². The average Bonchev–Trinajstić information content (AvgIpc) is 2.99. The molecule has 5 rings (SSSR count). The van der Waals surface area contributed by atoms with Gasteiger partial charge >= 0.3 is 0 Å². The topological polar surface area (TPSA) is 136 Å². The molecule has 0 aliphatic carbocycles. The molecule has 0 amide bonds. The van der Waals surface area contributed by atoms with E-state index in [1.807, 2.05) is 0 Å². The van der Waals surface area contributed by atoms with Crippen LogP contribution < -0.4 is 5.48 Å². The maximum atomic E-state index is 13.5. The second kappa shape index (κ2) is 11.3. The van der Waals surface area contributed by atoms with E-state index in [1.54, 1.807) is 0 Å². The van der Waals surface area contributed by atoms with Crippen LogP contribution in [-0.4, -0.2) is 56.8 Å². The Hall–Kier alpha value is -2.64. The molecular formula is C28H36N4O6S2. The van der Waals surface area contributed by atoms with E-state index in [9.17, 15) is 26.9 Å². The highest BCUT2D eigenvalue weighted by Gasteiger charge is 2.31. The Morgan fingerprint density at radius 3 is 1.62 bits per heavy atom. The fraction of sp³-hybridized carbons (Fsp3) is 0.500. The summed E-state index contributed by atoms with van der Waals surface area (Å²) < 4.78 is 56.8. The van der Waals surface area contributed by atoms with Gasteiger partial charge in [0, 0.05) is 47.7 Å². The average molecular weight is 589 g/mol. The Kier molecular flexibility index (Phi) is 8.17. The zero-order chi connectivity index (χ0) is 28.7. The van der Waals surface area contributed by atoms with Crippen molar-refractivity contribution < 1.29 is 22.0 Å². The zero-order valence-electron chi connectivity index (χ0n) is 22.8. The maximum absolute atomic E-state index is 13.5. The third-order valence-electron chi connectivity index (χ3n) is 8.81. The summed E-state index contributed by atoms with van der Waals surface area (Å²) in [7, 11) is -7.60. The van der Waals surface area contributed by atoms with Crippen LogP contribution in [0.5, 0.6) is 0 Å². The predicted molar refractivity (Wildman–Crippen MR) is 156 cm³/mol. The highest BCUT2D eigenvalue weighted by molar-refractivity contribution is 7.89. The summed E-state index contributed by atoms with van der Waals surface area (Å²) in [5, 5.41) is 14.6. The van der Waals surface area contributed by atoms with E-state index in [0.29, 0.717) is 54.2 Å². The lowest BCUT2D eigenvalue weighted by Crippen LogP contribution is -2.38. The van der Waals surface area contributed by atoms with Gasteiger partial charge in [-0.15, -0.1) is 4.91 Å². The van der Waals surface area contributed by atoms with Crippen LogP contribution in [0.15, 0.2) is 51.4 Å². The van der Waals surface area contributed by atoms with Gasteiger partial charge in [0.2, 0.25) is 20.0 Å². The SMILES string of the molecule is CCC1CCN(S(=O)(=O)c2ccc3c(NO)c4cc(S(=O)(=O)N5CCC(CC)CC5)ccc4c(N=O)c3c2)CC1. The molecule has 2 saturated heterocycles. The van der Waals surface area contributed by atoms with Crippen molar-refractivity contribution in [2.75, 3.05) is 31.7 Å². The van der Waals surface area contributed by atoms with Gasteiger partial charge in [0.15, 0.2) is 0 Å². The Balaban J connectivity index is 1.59. The summed E-state index contributed by atoms with van der Waals surface area (Å²) in [6.07, 6.45) is 5.24. The van der Waals surface area contributed by atoms with Crippen LogP contribution in [0.3, 0.4) is 0 Å². The van der Waals surface area contributed by atoms with E-state index in [0.717, 1.165) is 38.5 Å². The highest BCUT2D eigenvalue weighted by Crippen LogP contribution is 2.43. The van der Waals surface area contributed by atoms with Gasteiger partial charge in [0.05, 0.1) is 15.5 Å². The summed E-state index contributed by atoms with van der Waals surface area (Å²) in [5.74, 6) is 1.02. The number of hydrogen-bond acceptors (Lipinski definition) is 8. The van der Waals surface area contributed by atoms with E-state index in [4.69, 9.17) is 0 Å². The number of piperidine rings is 2. The third-order valence-corrected chi connectivity index (χ3v) is 12.6. The van der Waals surface area contributed by atoms with Crippen molar-refractivity contribution in [3.05, 3.63) is 41.3 Å². The lowest BCUT2D eigenvalue weighted by atomic mass is 9.96. The van der Waals surface area contributed by atoms with Gasteiger partial charge in [0.25, 0.3) is 0 Å². The molecule has 2 heterocycles.